The van der Waals surface area contributed by atoms with Crippen molar-refractivity contribution in [3.05, 3.63) is 58.2 Å². The summed E-state index contributed by atoms with van der Waals surface area (Å²) in [6.45, 7) is 4.24. The maximum atomic E-state index is 10.9. The molecule has 1 saturated carbocycles. The number of aromatic carboxylic acids is 1. The van der Waals surface area contributed by atoms with Crippen LogP contribution in [0.2, 0.25) is 0 Å². The van der Waals surface area contributed by atoms with Crippen LogP contribution in [0.5, 0.6) is 0 Å². The number of nitrogens with zero attached hydrogens (tertiary/aromatic N) is 2. The predicted octanol–water partition coefficient (Wildman–Crippen LogP) is 4.41. The van der Waals surface area contributed by atoms with Crippen molar-refractivity contribution in [1.82, 2.24) is 9.97 Å². The lowest BCUT2D eigenvalue weighted by atomic mass is 9.87. The first-order valence-electron chi connectivity index (χ1n) is 8.41. The number of hydrogen-bond donors (Lipinski definition) is 1. The zero-order valence-corrected chi connectivity index (χ0v) is 13.9. The first-order valence-corrected chi connectivity index (χ1v) is 8.41. The third-order valence-electron chi connectivity index (χ3n) is 5.42. The molecular weight excluding hydrogens is 300 g/mol. The molecule has 1 aromatic carbocycles. The Bertz CT molecular complexity index is 853. The van der Waals surface area contributed by atoms with Gasteiger partial charge in [0, 0.05) is 0 Å². The lowest BCUT2D eigenvalue weighted by molar-refractivity contribution is 0.0690. The van der Waals surface area contributed by atoms with Gasteiger partial charge >= 0.3 is 5.97 Å². The minimum Gasteiger partial charge on any atom is -0.476 e. The van der Waals surface area contributed by atoms with E-state index >= 15 is 0 Å². The molecule has 0 saturated heterocycles. The fourth-order valence-corrected chi connectivity index (χ4v) is 4.25. The number of carboxylic acids is 1. The summed E-state index contributed by atoms with van der Waals surface area (Å²) in [4.78, 5) is 19.0. The molecule has 2 bridgehead atoms. The van der Waals surface area contributed by atoms with Gasteiger partial charge in [-0.2, -0.15) is 0 Å². The van der Waals surface area contributed by atoms with Crippen LogP contribution in [0.4, 0.5) is 0 Å². The van der Waals surface area contributed by atoms with Gasteiger partial charge in [0.1, 0.15) is 0 Å². The van der Waals surface area contributed by atoms with Gasteiger partial charge in [-0.25, -0.2) is 9.78 Å². The van der Waals surface area contributed by atoms with E-state index in [1.807, 2.05) is 6.08 Å². The topological polar surface area (TPSA) is 63.1 Å². The quantitative estimate of drug-likeness (QED) is 0.910. The lowest BCUT2D eigenvalue weighted by Crippen LogP contribution is -2.02. The highest BCUT2D eigenvalue weighted by atomic mass is 16.4. The van der Waals surface area contributed by atoms with Crippen molar-refractivity contribution < 1.29 is 9.90 Å². The zero-order valence-electron chi connectivity index (χ0n) is 13.9. The van der Waals surface area contributed by atoms with Crippen LogP contribution in [0.25, 0.3) is 11.6 Å². The monoisotopic (exact) mass is 320 g/mol. The summed E-state index contributed by atoms with van der Waals surface area (Å²) in [5, 5.41) is 8.90. The van der Waals surface area contributed by atoms with Crippen LogP contribution in [0.3, 0.4) is 0 Å². The SMILES string of the molecule is CC(=Cc1cnc(C(=O)O)cn1)c1cc2c(cc1C)C1CCC2C1. The van der Waals surface area contributed by atoms with Crippen LogP contribution in [0.15, 0.2) is 24.5 Å². The van der Waals surface area contributed by atoms with Gasteiger partial charge in [0.15, 0.2) is 5.69 Å². The molecule has 2 aliphatic carbocycles. The molecule has 122 valence electrons. The molecule has 2 aliphatic rings. The molecule has 2 atom stereocenters. The molecule has 24 heavy (non-hydrogen) atoms. The number of carboxylic acid groups (broad SMARTS) is 1. The van der Waals surface area contributed by atoms with Crippen molar-refractivity contribution in [1.29, 1.82) is 0 Å². The Morgan fingerprint density at radius 1 is 1.17 bits per heavy atom. The lowest BCUT2D eigenvalue weighted by Gasteiger charge is -2.18. The number of fused-ring (bicyclic) bond motifs is 5. The van der Waals surface area contributed by atoms with Crippen molar-refractivity contribution in [2.24, 2.45) is 0 Å². The van der Waals surface area contributed by atoms with Crippen LogP contribution in [-0.2, 0) is 0 Å². The molecule has 2 aromatic rings. The highest BCUT2D eigenvalue weighted by molar-refractivity contribution is 5.85. The van der Waals surface area contributed by atoms with E-state index in [2.05, 4.69) is 35.9 Å². The highest BCUT2D eigenvalue weighted by Crippen LogP contribution is 2.53. The third kappa shape index (κ3) is 2.42. The molecule has 0 aliphatic heterocycles. The van der Waals surface area contributed by atoms with Crippen molar-refractivity contribution in [3.63, 3.8) is 0 Å². The molecule has 0 spiro atoms. The van der Waals surface area contributed by atoms with Crippen LogP contribution >= 0.6 is 0 Å². The van der Waals surface area contributed by atoms with Gasteiger partial charge in [-0.05, 0) is 78.8 Å². The molecule has 1 heterocycles. The molecular formula is C20H20N2O2. The second-order valence-corrected chi connectivity index (χ2v) is 6.96. The Balaban J connectivity index is 1.68. The second kappa shape index (κ2) is 5.55. The Kier molecular flexibility index (Phi) is 3.48. The summed E-state index contributed by atoms with van der Waals surface area (Å²) in [6, 6.07) is 4.73. The summed E-state index contributed by atoms with van der Waals surface area (Å²) in [6.07, 6.45) is 8.78. The van der Waals surface area contributed by atoms with E-state index in [0.717, 1.165) is 17.4 Å². The Morgan fingerprint density at radius 2 is 1.88 bits per heavy atom. The number of rotatable bonds is 3. The van der Waals surface area contributed by atoms with E-state index < -0.39 is 5.97 Å². The molecule has 4 rings (SSSR count). The number of aromatic nitrogens is 2. The van der Waals surface area contributed by atoms with Gasteiger partial charge in [0.2, 0.25) is 0 Å². The first kappa shape index (κ1) is 15.1. The Morgan fingerprint density at radius 3 is 2.50 bits per heavy atom. The summed E-state index contributed by atoms with van der Waals surface area (Å²) >= 11 is 0. The van der Waals surface area contributed by atoms with Gasteiger partial charge in [0.05, 0.1) is 18.1 Å². The Labute approximate surface area is 141 Å². The van der Waals surface area contributed by atoms with E-state index in [4.69, 9.17) is 5.11 Å². The second-order valence-electron chi connectivity index (χ2n) is 6.96. The number of benzene rings is 1. The maximum absolute atomic E-state index is 10.9. The fourth-order valence-electron chi connectivity index (χ4n) is 4.25. The van der Waals surface area contributed by atoms with E-state index in [1.54, 1.807) is 5.56 Å². The van der Waals surface area contributed by atoms with Gasteiger partial charge in [-0.1, -0.05) is 12.1 Å². The summed E-state index contributed by atoms with van der Waals surface area (Å²) in [7, 11) is 0. The minimum atomic E-state index is -1.06. The largest absolute Gasteiger partial charge is 0.476 e. The predicted molar refractivity (Wildman–Crippen MR) is 93.0 cm³/mol. The average Bonchev–Trinajstić information content (AvgIpc) is 3.16. The van der Waals surface area contributed by atoms with Crippen LogP contribution in [0.1, 0.15) is 76.5 Å². The van der Waals surface area contributed by atoms with Crippen molar-refractivity contribution >= 4 is 17.6 Å². The molecule has 1 aromatic heterocycles. The van der Waals surface area contributed by atoms with Crippen LogP contribution in [-0.4, -0.2) is 21.0 Å². The van der Waals surface area contributed by atoms with Crippen LogP contribution in [0, 0.1) is 6.92 Å². The first-order chi connectivity index (χ1) is 11.5. The number of hydrogen-bond acceptors (Lipinski definition) is 3. The van der Waals surface area contributed by atoms with Crippen molar-refractivity contribution in [2.45, 2.75) is 44.9 Å². The third-order valence-corrected chi connectivity index (χ3v) is 5.42. The number of carbonyl (C=O) groups is 1. The van der Waals surface area contributed by atoms with Gasteiger partial charge in [0.25, 0.3) is 0 Å². The molecule has 0 amide bonds. The number of aryl methyl sites for hydroxylation is 1. The standard InChI is InChI=1S/C20H20N2O2/c1-11(5-15-9-22-19(10-21-15)20(23)24)16-8-18-14-4-3-13(7-14)17(18)6-12(16)2/h5-6,8-10,13-14H,3-4,7H2,1-2H3,(H,23,24). The smallest absolute Gasteiger partial charge is 0.356 e. The average molecular weight is 320 g/mol. The molecule has 4 nitrogen and oxygen atoms in total. The van der Waals surface area contributed by atoms with E-state index in [0.29, 0.717) is 5.69 Å². The van der Waals surface area contributed by atoms with E-state index in [-0.39, 0.29) is 5.69 Å². The Hall–Kier alpha value is -2.49. The highest BCUT2D eigenvalue weighted by Gasteiger charge is 2.37. The number of allylic oxidation sites excluding steroid dienone is 1. The molecule has 0 radical (unpaired) electrons. The summed E-state index contributed by atoms with van der Waals surface area (Å²) in [5.74, 6) is 0.461. The van der Waals surface area contributed by atoms with Crippen molar-refractivity contribution in [2.75, 3.05) is 0 Å². The maximum Gasteiger partial charge on any atom is 0.356 e. The zero-order chi connectivity index (χ0) is 16.8. The minimum absolute atomic E-state index is 0.0328. The van der Waals surface area contributed by atoms with Gasteiger partial charge in [-0.3, -0.25) is 4.98 Å². The molecule has 1 N–H and O–H groups in total. The molecule has 1 fully saturated rings. The van der Waals surface area contributed by atoms with Crippen LogP contribution < -0.4 is 0 Å². The van der Waals surface area contributed by atoms with Crippen molar-refractivity contribution in [3.8, 4) is 0 Å². The van der Waals surface area contributed by atoms with E-state index in [1.165, 1.54) is 48.3 Å². The normalized spacial score (nSPS) is 21.8. The molecule has 4 heteroatoms. The van der Waals surface area contributed by atoms with E-state index in [9.17, 15) is 4.79 Å². The summed E-state index contributed by atoms with van der Waals surface area (Å²) in [5.41, 5.74) is 7.43. The molecule has 2 unspecified atom stereocenters. The van der Waals surface area contributed by atoms with Gasteiger partial charge < -0.3 is 5.11 Å². The fraction of sp³-hybridized carbons (Fsp3) is 0.350. The summed E-state index contributed by atoms with van der Waals surface area (Å²) < 4.78 is 0. The van der Waals surface area contributed by atoms with Gasteiger partial charge in [-0.15, -0.1) is 0 Å².